The molecule has 2 nitrogen and oxygen atoms in total. The molecule has 1 aromatic carbocycles. The Bertz CT molecular complexity index is 478. The van der Waals surface area contributed by atoms with E-state index in [-0.39, 0.29) is 5.54 Å². The average molecular weight is 228 g/mol. The fourth-order valence-corrected chi connectivity index (χ4v) is 2.68. The molecule has 0 saturated heterocycles. The zero-order valence-corrected chi connectivity index (χ0v) is 11.1. The highest BCUT2D eigenvalue weighted by Crippen LogP contribution is 2.33. The van der Waals surface area contributed by atoms with Gasteiger partial charge in [0, 0.05) is 5.54 Å². The molecule has 2 rings (SSSR count). The summed E-state index contributed by atoms with van der Waals surface area (Å²) in [6, 6.07) is 6.70. The molecule has 2 heteroatoms. The van der Waals surface area contributed by atoms with Crippen molar-refractivity contribution in [1.82, 2.24) is 5.32 Å². The van der Waals surface area contributed by atoms with Gasteiger partial charge >= 0.3 is 0 Å². The van der Waals surface area contributed by atoms with E-state index in [1.165, 1.54) is 16.7 Å². The number of benzene rings is 1. The molecule has 0 aromatic heterocycles. The predicted molar refractivity (Wildman–Crippen MR) is 70.0 cm³/mol. The van der Waals surface area contributed by atoms with Crippen molar-refractivity contribution >= 4 is 0 Å². The molecule has 0 atom stereocenters. The summed E-state index contributed by atoms with van der Waals surface area (Å²) in [6.45, 7) is 9.65. The van der Waals surface area contributed by atoms with Crippen molar-refractivity contribution in [1.29, 1.82) is 5.26 Å². The minimum Gasteiger partial charge on any atom is -0.307 e. The van der Waals surface area contributed by atoms with Crippen LogP contribution < -0.4 is 5.32 Å². The summed E-state index contributed by atoms with van der Waals surface area (Å²) in [6.07, 6.45) is 1.02. The largest absolute Gasteiger partial charge is 0.307 e. The third kappa shape index (κ3) is 2.08. The molecule has 0 bridgehead atoms. The van der Waals surface area contributed by atoms with Crippen LogP contribution in [0.5, 0.6) is 0 Å². The first-order valence-corrected chi connectivity index (χ1v) is 6.28. The molecule has 1 heterocycles. The van der Waals surface area contributed by atoms with Crippen molar-refractivity contribution in [3.05, 3.63) is 34.4 Å². The van der Waals surface area contributed by atoms with Crippen molar-refractivity contribution in [3.8, 4) is 6.07 Å². The molecule has 1 N–H and O–H groups in total. The molecule has 0 spiro atoms. The first kappa shape index (κ1) is 12.1. The van der Waals surface area contributed by atoms with E-state index in [1.807, 2.05) is 0 Å². The average Bonchev–Trinajstić information content (AvgIpc) is 2.26. The summed E-state index contributed by atoms with van der Waals surface area (Å²) in [5.74, 6) is 0.477. The second kappa shape index (κ2) is 4.16. The van der Waals surface area contributed by atoms with E-state index in [1.54, 1.807) is 0 Å². The highest BCUT2D eigenvalue weighted by atomic mass is 15.0. The Morgan fingerprint density at radius 1 is 1.35 bits per heavy atom. The summed E-state index contributed by atoms with van der Waals surface area (Å²) in [7, 11) is 0. The van der Waals surface area contributed by atoms with Crippen LogP contribution in [0.3, 0.4) is 0 Å². The van der Waals surface area contributed by atoms with Gasteiger partial charge in [0.2, 0.25) is 0 Å². The van der Waals surface area contributed by atoms with Crippen LogP contribution in [0.2, 0.25) is 0 Å². The topological polar surface area (TPSA) is 35.8 Å². The molecule has 1 aromatic rings. The molecule has 0 fully saturated rings. The normalized spacial score (nSPS) is 17.6. The van der Waals surface area contributed by atoms with Crippen molar-refractivity contribution in [2.45, 2.75) is 45.6 Å². The molecule has 0 amide bonds. The maximum atomic E-state index is 9.35. The van der Waals surface area contributed by atoms with Crippen LogP contribution in [0.1, 0.15) is 55.9 Å². The van der Waals surface area contributed by atoms with Gasteiger partial charge in [0.15, 0.2) is 0 Å². The third-order valence-corrected chi connectivity index (χ3v) is 3.62. The van der Waals surface area contributed by atoms with E-state index in [9.17, 15) is 5.26 Å². The first-order chi connectivity index (χ1) is 7.95. The van der Waals surface area contributed by atoms with Gasteiger partial charge in [0.05, 0.1) is 11.6 Å². The number of fused-ring (bicyclic) bond motifs is 1. The van der Waals surface area contributed by atoms with E-state index >= 15 is 0 Å². The van der Waals surface area contributed by atoms with Gasteiger partial charge in [-0.15, -0.1) is 0 Å². The van der Waals surface area contributed by atoms with Gasteiger partial charge in [-0.25, -0.2) is 0 Å². The fourth-order valence-electron chi connectivity index (χ4n) is 2.68. The summed E-state index contributed by atoms with van der Waals surface area (Å²) in [5, 5.41) is 12.8. The maximum Gasteiger partial charge on any atom is 0.0995 e. The molecule has 1 aliphatic heterocycles. The molecule has 0 radical (unpaired) electrons. The molecule has 90 valence electrons. The van der Waals surface area contributed by atoms with Gasteiger partial charge in [-0.05, 0) is 55.5 Å². The minimum absolute atomic E-state index is 0.0891. The third-order valence-electron chi connectivity index (χ3n) is 3.62. The van der Waals surface area contributed by atoms with Gasteiger partial charge in [0.25, 0.3) is 0 Å². The predicted octanol–water partition coefficient (Wildman–Crippen LogP) is 3.06. The lowest BCUT2D eigenvalue weighted by molar-refractivity contribution is 0.381. The van der Waals surface area contributed by atoms with Gasteiger partial charge in [0.1, 0.15) is 0 Å². The Balaban J connectivity index is 2.66. The van der Waals surface area contributed by atoms with Gasteiger partial charge in [-0.2, -0.15) is 5.26 Å². The second-order valence-electron chi connectivity index (χ2n) is 5.67. The molecule has 1 aliphatic rings. The molecular weight excluding hydrogens is 208 g/mol. The van der Waals surface area contributed by atoms with Gasteiger partial charge < -0.3 is 5.32 Å². The van der Waals surface area contributed by atoms with Crippen LogP contribution in [0.25, 0.3) is 0 Å². The van der Waals surface area contributed by atoms with Gasteiger partial charge in [-0.1, -0.05) is 19.9 Å². The lowest BCUT2D eigenvalue weighted by Gasteiger charge is -2.35. The van der Waals surface area contributed by atoms with Crippen molar-refractivity contribution in [2.24, 2.45) is 0 Å². The highest BCUT2D eigenvalue weighted by molar-refractivity contribution is 5.51. The van der Waals surface area contributed by atoms with E-state index < -0.39 is 0 Å². The first-order valence-electron chi connectivity index (χ1n) is 6.28. The number of nitrogens with zero attached hydrogens (tertiary/aromatic N) is 1. The van der Waals surface area contributed by atoms with Crippen LogP contribution in [-0.2, 0) is 12.0 Å². The number of nitriles is 1. The Kier molecular flexibility index (Phi) is 2.97. The van der Waals surface area contributed by atoms with Crippen LogP contribution in [0.15, 0.2) is 12.1 Å². The van der Waals surface area contributed by atoms with Gasteiger partial charge in [-0.3, -0.25) is 0 Å². The zero-order chi connectivity index (χ0) is 12.6. The fraction of sp³-hybridized carbons (Fsp3) is 0.533. The summed E-state index contributed by atoms with van der Waals surface area (Å²) in [4.78, 5) is 0. The Hall–Kier alpha value is -1.33. The molecule has 0 aliphatic carbocycles. The molecule has 0 unspecified atom stereocenters. The zero-order valence-electron chi connectivity index (χ0n) is 11.1. The number of rotatable bonds is 1. The number of hydrogen-bond acceptors (Lipinski definition) is 2. The van der Waals surface area contributed by atoms with E-state index in [2.05, 4.69) is 51.2 Å². The maximum absolute atomic E-state index is 9.35. The monoisotopic (exact) mass is 228 g/mol. The van der Waals surface area contributed by atoms with Crippen LogP contribution in [0.4, 0.5) is 0 Å². The van der Waals surface area contributed by atoms with Crippen molar-refractivity contribution < 1.29 is 0 Å². The summed E-state index contributed by atoms with van der Waals surface area (Å²) >= 11 is 0. The molecule has 0 saturated carbocycles. The number of nitrogens with one attached hydrogen (secondary N) is 1. The van der Waals surface area contributed by atoms with E-state index in [0.29, 0.717) is 5.92 Å². The highest BCUT2D eigenvalue weighted by Gasteiger charge is 2.30. The van der Waals surface area contributed by atoms with E-state index in [4.69, 9.17) is 0 Å². The van der Waals surface area contributed by atoms with Crippen molar-refractivity contribution in [2.75, 3.05) is 6.54 Å². The quantitative estimate of drug-likeness (QED) is 0.802. The lowest BCUT2D eigenvalue weighted by Crippen LogP contribution is -2.43. The molecule has 17 heavy (non-hydrogen) atoms. The number of hydrogen-bond donors (Lipinski definition) is 1. The van der Waals surface area contributed by atoms with Crippen LogP contribution >= 0.6 is 0 Å². The smallest absolute Gasteiger partial charge is 0.0995 e. The Morgan fingerprint density at radius 2 is 2.06 bits per heavy atom. The molecular formula is C15H20N2. The standard InChI is InChI=1S/C15H20N2/c1-10(2)12-7-11-5-6-17-15(3,4)14(11)13(8-12)9-16/h7-8,10,17H,5-6H2,1-4H3. The van der Waals surface area contributed by atoms with Crippen LogP contribution in [-0.4, -0.2) is 6.54 Å². The SMILES string of the molecule is CC(C)c1cc(C#N)c2c(c1)CCNC2(C)C. The van der Waals surface area contributed by atoms with Crippen molar-refractivity contribution in [3.63, 3.8) is 0 Å². The Morgan fingerprint density at radius 3 is 2.65 bits per heavy atom. The lowest BCUT2D eigenvalue weighted by atomic mass is 9.80. The van der Waals surface area contributed by atoms with E-state index in [0.717, 1.165) is 18.5 Å². The second-order valence-corrected chi connectivity index (χ2v) is 5.67. The van der Waals surface area contributed by atoms with Crippen LogP contribution in [0, 0.1) is 11.3 Å². The Labute approximate surface area is 104 Å². The summed E-state index contributed by atoms with van der Waals surface area (Å²) < 4.78 is 0. The minimum atomic E-state index is -0.0891. The summed E-state index contributed by atoms with van der Waals surface area (Å²) in [5.41, 5.74) is 4.56.